The minimum Gasteiger partial charge on any atom is -0.493 e. The summed E-state index contributed by atoms with van der Waals surface area (Å²) in [5, 5.41) is 0. The first-order valence-electron chi connectivity index (χ1n) is 5.74. The first kappa shape index (κ1) is 10.5. The van der Waals surface area contributed by atoms with E-state index in [0.29, 0.717) is 12.5 Å². The van der Waals surface area contributed by atoms with Gasteiger partial charge in [0.05, 0.1) is 6.61 Å². The molecule has 0 aliphatic heterocycles. The van der Waals surface area contributed by atoms with Gasteiger partial charge in [0.2, 0.25) is 0 Å². The predicted octanol–water partition coefficient (Wildman–Crippen LogP) is 2.15. The Morgan fingerprint density at radius 3 is 2.93 bits per heavy atom. The van der Waals surface area contributed by atoms with E-state index >= 15 is 0 Å². The van der Waals surface area contributed by atoms with Crippen LogP contribution in [0, 0.1) is 5.92 Å². The molecule has 15 heavy (non-hydrogen) atoms. The molecule has 1 aromatic rings. The van der Waals surface area contributed by atoms with Gasteiger partial charge in [-0.1, -0.05) is 13.0 Å². The Morgan fingerprint density at radius 1 is 1.33 bits per heavy atom. The molecule has 1 atom stereocenters. The fourth-order valence-corrected chi connectivity index (χ4v) is 1.94. The summed E-state index contributed by atoms with van der Waals surface area (Å²) in [5.74, 6) is 1.43. The third-order valence-corrected chi connectivity index (χ3v) is 3.01. The van der Waals surface area contributed by atoms with Gasteiger partial charge in [-0.2, -0.15) is 0 Å². The molecule has 0 aromatic heterocycles. The van der Waals surface area contributed by atoms with E-state index in [9.17, 15) is 0 Å². The molecule has 1 unspecified atom stereocenters. The maximum Gasteiger partial charge on any atom is 0.119 e. The van der Waals surface area contributed by atoms with Crippen LogP contribution in [-0.2, 0) is 12.8 Å². The van der Waals surface area contributed by atoms with Gasteiger partial charge in [-0.15, -0.1) is 0 Å². The van der Waals surface area contributed by atoms with Gasteiger partial charge >= 0.3 is 0 Å². The maximum absolute atomic E-state index is 5.70. The van der Waals surface area contributed by atoms with Crippen molar-refractivity contribution in [2.24, 2.45) is 11.7 Å². The largest absolute Gasteiger partial charge is 0.493 e. The number of hydrogen-bond donors (Lipinski definition) is 1. The number of nitrogens with two attached hydrogens (primary N) is 1. The zero-order chi connectivity index (χ0) is 10.7. The molecular weight excluding hydrogens is 186 g/mol. The third-order valence-electron chi connectivity index (χ3n) is 3.01. The zero-order valence-electron chi connectivity index (χ0n) is 9.33. The Labute approximate surface area is 91.4 Å². The first-order valence-corrected chi connectivity index (χ1v) is 5.74. The van der Waals surface area contributed by atoms with E-state index in [2.05, 4.69) is 25.1 Å². The van der Waals surface area contributed by atoms with E-state index in [0.717, 1.165) is 12.4 Å². The maximum atomic E-state index is 5.70. The van der Waals surface area contributed by atoms with Crippen molar-refractivity contribution in [3.63, 3.8) is 0 Å². The summed E-state index contributed by atoms with van der Waals surface area (Å²) >= 11 is 0. The van der Waals surface area contributed by atoms with Crippen LogP contribution in [0.2, 0.25) is 0 Å². The van der Waals surface area contributed by atoms with Crippen LogP contribution in [0.25, 0.3) is 0 Å². The highest BCUT2D eigenvalue weighted by molar-refractivity contribution is 5.38. The van der Waals surface area contributed by atoms with Crippen LogP contribution < -0.4 is 10.5 Å². The van der Waals surface area contributed by atoms with Gasteiger partial charge in [0.15, 0.2) is 0 Å². The molecule has 82 valence electrons. The summed E-state index contributed by atoms with van der Waals surface area (Å²) in [6.07, 6.45) is 3.73. The van der Waals surface area contributed by atoms with Crippen LogP contribution in [0.5, 0.6) is 5.75 Å². The average Bonchev–Trinajstić information content (AvgIpc) is 2.72. The lowest BCUT2D eigenvalue weighted by atomic mass is 10.1. The van der Waals surface area contributed by atoms with Crippen molar-refractivity contribution in [1.29, 1.82) is 0 Å². The minimum atomic E-state index is 0.429. The monoisotopic (exact) mass is 205 g/mol. The minimum absolute atomic E-state index is 0.429. The second-order valence-electron chi connectivity index (χ2n) is 4.44. The lowest BCUT2D eigenvalue weighted by Crippen LogP contribution is -2.18. The SMILES string of the molecule is CC(CN)COc1ccc2c(c1)CCC2. The molecule has 0 spiro atoms. The van der Waals surface area contributed by atoms with Crippen molar-refractivity contribution >= 4 is 0 Å². The molecule has 1 aliphatic rings. The molecule has 2 rings (SSSR count). The predicted molar refractivity (Wildman–Crippen MR) is 62.2 cm³/mol. The van der Waals surface area contributed by atoms with Gasteiger partial charge in [-0.3, -0.25) is 0 Å². The number of rotatable bonds is 4. The van der Waals surface area contributed by atoms with Crippen LogP contribution in [0.3, 0.4) is 0 Å². The lowest BCUT2D eigenvalue weighted by Gasteiger charge is -2.11. The molecule has 2 heteroatoms. The van der Waals surface area contributed by atoms with Crippen LogP contribution in [0.4, 0.5) is 0 Å². The van der Waals surface area contributed by atoms with E-state index in [1.807, 2.05) is 0 Å². The van der Waals surface area contributed by atoms with Crippen molar-refractivity contribution < 1.29 is 4.74 Å². The van der Waals surface area contributed by atoms with Crippen LogP contribution in [0.1, 0.15) is 24.5 Å². The van der Waals surface area contributed by atoms with Crippen molar-refractivity contribution in [2.75, 3.05) is 13.2 Å². The second-order valence-corrected chi connectivity index (χ2v) is 4.44. The van der Waals surface area contributed by atoms with E-state index in [1.54, 1.807) is 0 Å². The van der Waals surface area contributed by atoms with E-state index in [1.165, 1.54) is 30.4 Å². The van der Waals surface area contributed by atoms with Crippen LogP contribution >= 0.6 is 0 Å². The summed E-state index contributed by atoms with van der Waals surface area (Å²) in [7, 11) is 0. The fourth-order valence-electron chi connectivity index (χ4n) is 1.94. The van der Waals surface area contributed by atoms with Gasteiger partial charge in [-0.25, -0.2) is 0 Å². The highest BCUT2D eigenvalue weighted by atomic mass is 16.5. The number of hydrogen-bond acceptors (Lipinski definition) is 2. The molecule has 0 bridgehead atoms. The number of benzene rings is 1. The Kier molecular flexibility index (Phi) is 3.27. The Morgan fingerprint density at radius 2 is 2.13 bits per heavy atom. The highest BCUT2D eigenvalue weighted by Crippen LogP contribution is 2.26. The average molecular weight is 205 g/mol. The molecule has 0 heterocycles. The Hall–Kier alpha value is -1.02. The standard InChI is InChI=1S/C13H19NO/c1-10(8-14)9-15-13-6-5-11-3-2-4-12(11)7-13/h5-7,10H,2-4,8-9,14H2,1H3. The molecule has 0 radical (unpaired) electrons. The van der Waals surface area contributed by atoms with E-state index in [-0.39, 0.29) is 0 Å². The van der Waals surface area contributed by atoms with E-state index < -0.39 is 0 Å². The highest BCUT2D eigenvalue weighted by Gasteiger charge is 2.11. The van der Waals surface area contributed by atoms with Gasteiger partial charge in [0, 0.05) is 5.92 Å². The molecule has 2 nitrogen and oxygen atoms in total. The number of aryl methyl sites for hydroxylation is 2. The summed E-state index contributed by atoms with van der Waals surface area (Å²) in [6, 6.07) is 6.46. The molecule has 0 fully saturated rings. The quantitative estimate of drug-likeness (QED) is 0.817. The smallest absolute Gasteiger partial charge is 0.119 e. The fraction of sp³-hybridized carbons (Fsp3) is 0.538. The van der Waals surface area contributed by atoms with Crippen molar-refractivity contribution in [3.8, 4) is 5.75 Å². The molecule has 1 aromatic carbocycles. The first-order chi connectivity index (χ1) is 7.29. The van der Waals surface area contributed by atoms with E-state index in [4.69, 9.17) is 10.5 Å². The number of fused-ring (bicyclic) bond motifs is 1. The molecule has 1 aliphatic carbocycles. The molecule has 2 N–H and O–H groups in total. The van der Waals surface area contributed by atoms with Gasteiger partial charge in [0.25, 0.3) is 0 Å². The molecular formula is C13H19NO. The van der Waals surface area contributed by atoms with Crippen molar-refractivity contribution in [3.05, 3.63) is 29.3 Å². The van der Waals surface area contributed by atoms with Crippen molar-refractivity contribution in [1.82, 2.24) is 0 Å². The summed E-state index contributed by atoms with van der Waals surface area (Å²) in [6.45, 7) is 3.51. The van der Waals surface area contributed by atoms with Gasteiger partial charge in [-0.05, 0) is 49.1 Å². The lowest BCUT2D eigenvalue weighted by molar-refractivity contribution is 0.264. The molecule has 0 saturated heterocycles. The number of ether oxygens (including phenoxy) is 1. The second kappa shape index (κ2) is 4.67. The van der Waals surface area contributed by atoms with Crippen molar-refractivity contribution in [2.45, 2.75) is 26.2 Å². The van der Waals surface area contributed by atoms with Crippen LogP contribution in [-0.4, -0.2) is 13.2 Å². The third kappa shape index (κ3) is 2.51. The normalized spacial score (nSPS) is 16.1. The zero-order valence-corrected chi connectivity index (χ0v) is 9.33. The Bertz CT molecular complexity index is 335. The summed E-state index contributed by atoms with van der Waals surface area (Å²) < 4.78 is 5.70. The van der Waals surface area contributed by atoms with Gasteiger partial charge < -0.3 is 10.5 Å². The Balaban J connectivity index is 1.98. The molecule has 0 saturated carbocycles. The summed E-state index contributed by atoms with van der Waals surface area (Å²) in [4.78, 5) is 0. The van der Waals surface area contributed by atoms with Crippen LogP contribution in [0.15, 0.2) is 18.2 Å². The van der Waals surface area contributed by atoms with Gasteiger partial charge in [0.1, 0.15) is 5.75 Å². The topological polar surface area (TPSA) is 35.2 Å². The molecule has 0 amide bonds. The summed E-state index contributed by atoms with van der Waals surface area (Å²) in [5.41, 5.74) is 8.51.